The van der Waals surface area contributed by atoms with Crippen molar-refractivity contribution >= 4 is 15.9 Å². The van der Waals surface area contributed by atoms with E-state index in [0.717, 1.165) is 24.8 Å². The highest BCUT2D eigenvalue weighted by atomic mass is 32.2. The van der Waals surface area contributed by atoms with Crippen LogP contribution in [-0.2, 0) is 10.0 Å². The highest BCUT2D eigenvalue weighted by Crippen LogP contribution is 2.39. The smallest absolute Gasteiger partial charge is 0.274 e. The Morgan fingerprint density at radius 2 is 2.23 bits per heavy atom. The van der Waals surface area contributed by atoms with E-state index in [2.05, 4.69) is 14.9 Å². The van der Waals surface area contributed by atoms with Crippen molar-refractivity contribution in [1.82, 2.24) is 19.8 Å². The largest absolute Gasteiger partial charge is 0.337 e. The molecule has 1 aromatic heterocycles. The van der Waals surface area contributed by atoms with Crippen LogP contribution in [0.2, 0.25) is 0 Å². The number of hydrogen-bond acceptors (Lipinski definition) is 4. The highest BCUT2D eigenvalue weighted by Gasteiger charge is 2.29. The predicted molar refractivity (Wildman–Crippen MR) is 82.0 cm³/mol. The van der Waals surface area contributed by atoms with Crippen molar-refractivity contribution in [2.75, 3.05) is 25.9 Å². The standard InChI is InChI=1S/C14H22N4O3S/c1-22(20,21)15-8-10-3-2-6-18(9-10)14(19)13-7-12(16-17-13)11-4-5-11/h7,10-11,15H,2-6,8-9H2,1H3,(H,16,17)/t10-/m1/s1. The van der Waals surface area contributed by atoms with Gasteiger partial charge in [0.2, 0.25) is 10.0 Å². The van der Waals surface area contributed by atoms with Gasteiger partial charge >= 0.3 is 0 Å². The summed E-state index contributed by atoms with van der Waals surface area (Å²) in [6, 6.07) is 1.86. The number of hydrogen-bond donors (Lipinski definition) is 2. The molecular weight excluding hydrogens is 304 g/mol. The first-order valence-electron chi connectivity index (χ1n) is 7.71. The molecule has 1 aromatic rings. The van der Waals surface area contributed by atoms with Crippen molar-refractivity contribution in [3.63, 3.8) is 0 Å². The molecule has 2 N–H and O–H groups in total. The molecule has 1 saturated heterocycles. The van der Waals surface area contributed by atoms with Gasteiger partial charge in [0, 0.05) is 31.2 Å². The van der Waals surface area contributed by atoms with Gasteiger partial charge in [-0.2, -0.15) is 5.10 Å². The summed E-state index contributed by atoms with van der Waals surface area (Å²) in [6.07, 6.45) is 5.31. The summed E-state index contributed by atoms with van der Waals surface area (Å²) in [5.74, 6) is 0.642. The first-order valence-corrected chi connectivity index (χ1v) is 9.61. The summed E-state index contributed by atoms with van der Waals surface area (Å²) >= 11 is 0. The number of carbonyl (C=O) groups excluding carboxylic acids is 1. The number of rotatable bonds is 5. The van der Waals surface area contributed by atoms with E-state index in [0.29, 0.717) is 31.2 Å². The predicted octanol–water partition coefficient (Wildman–Crippen LogP) is 0.688. The molecular formula is C14H22N4O3S. The zero-order valence-corrected chi connectivity index (χ0v) is 13.5. The second-order valence-corrected chi connectivity index (χ2v) is 8.20. The van der Waals surface area contributed by atoms with E-state index in [1.807, 2.05) is 6.07 Å². The van der Waals surface area contributed by atoms with Crippen molar-refractivity contribution in [2.45, 2.75) is 31.6 Å². The van der Waals surface area contributed by atoms with Crippen molar-refractivity contribution in [3.8, 4) is 0 Å². The number of H-pyrrole nitrogens is 1. The lowest BCUT2D eigenvalue weighted by molar-refractivity contribution is 0.0670. The van der Waals surface area contributed by atoms with E-state index < -0.39 is 10.0 Å². The Labute approximate surface area is 130 Å². The van der Waals surface area contributed by atoms with Gasteiger partial charge in [0.1, 0.15) is 5.69 Å². The van der Waals surface area contributed by atoms with E-state index in [1.165, 1.54) is 12.8 Å². The molecule has 2 fully saturated rings. The van der Waals surface area contributed by atoms with Gasteiger partial charge in [-0.25, -0.2) is 13.1 Å². The average molecular weight is 326 g/mol. The van der Waals surface area contributed by atoms with Crippen molar-refractivity contribution < 1.29 is 13.2 Å². The number of nitrogens with one attached hydrogen (secondary N) is 2. The van der Waals surface area contributed by atoms with Gasteiger partial charge in [-0.3, -0.25) is 9.89 Å². The van der Waals surface area contributed by atoms with Crippen molar-refractivity contribution in [3.05, 3.63) is 17.5 Å². The lowest BCUT2D eigenvalue weighted by Crippen LogP contribution is -2.43. The van der Waals surface area contributed by atoms with Crippen LogP contribution in [0.4, 0.5) is 0 Å². The first kappa shape index (κ1) is 15.5. The third kappa shape index (κ3) is 3.86. The Morgan fingerprint density at radius 1 is 1.45 bits per heavy atom. The van der Waals surface area contributed by atoms with Crippen LogP contribution in [0.3, 0.4) is 0 Å². The molecule has 0 aromatic carbocycles. The fraction of sp³-hybridized carbons (Fsp3) is 0.714. The second-order valence-electron chi connectivity index (χ2n) is 6.36. The minimum Gasteiger partial charge on any atom is -0.337 e. The number of piperidine rings is 1. The van der Waals surface area contributed by atoms with Gasteiger partial charge in [-0.15, -0.1) is 0 Å². The molecule has 1 aliphatic heterocycles. The van der Waals surface area contributed by atoms with Crippen LogP contribution in [0.5, 0.6) is 0 Å². The van der Waals surface area contributed by atoms with Crippen LogP contribution in [-0.4, -0.2) is 55.3 Å². The molecule has 0 spiro atoms. The molecule has 0 unspecified atom stereocenters. The zero-order valence-electron chi connectivity index (χ0n) is 12.7. The molecule has 22 heavy (non-hydrogen) atoms. The number of nitrogens with zero attached hydrogens (tertiary/aromatic N) is 2. The van der Waals surface area contributed by atoms with Gasteiger partial charge in [0.25, 0.3) is 5.91 Å². The van der Waals surface area contributed by atoms with Crippen LogP contribution in [0, 0.1) is 5.92 Å². The fourth-order valence-electron chi connectivity index (χ4n) is 2.90. The molecule has 1 atom stereocenters. The van der Waals surface area contributed by atoms with Crippen molar-refractivity contribution in [2.24, 2.45) is 5.92 Å². The number of sulfonamides is 1. The maximum Gasteiger partial charge on any atom is 0.274 e. The number of aromatic amines is 1. The molecule has 8 heteroatoms. The number of carbonyl (C=O) groups is 1. The number of likely N-dealkylation sites (tertiary alicyclic amines) is 1. The van der Waals surface area contributed by atoms with Crippen LogP contribution in [0.25, 0.3) is 0 Å². The highest BCUT2D eigenvalue weighted by molar-refractivity contribution is 7.88. The quantitative estimate of drug-likeness (QED) is 0.832. The second kappa shape index (κ2) is 6.00. The molecule has 1 saturated carbocycles. The lowest BCUT2D eigenvalue weighted by atomic mass is 9.98. The molecule has 122 valence electrons. The summed E-state index contributed by atoms with van der Waals surface area (Å²) in [6.45, 7) is 1.67. The van der Waals surface area contributed by atoms with Crippen molar-refractivity contribution in [1.29, 1.82) is 0 Å². The normalized spacial score (nSPS) is 22.8. The summed E-state index contributed by atoms with van der Waals surface area (Å²) in [4.78, 5) is 14.3. The minimum absolute atomic E-state index is 0.0628. The van der Waals surface area contributed by atoms with E-state index in [4.69, 9.17) is 0 Å². The van der Waals surface area contributed by atoms with Crippen LogP contribution >= 0.6 is 0 Å². The van der Waals surface area contributed by atoms with Crippen LogP contribution < -0.4 is 4.72 Å². The van der Waals surface area contributed by atoms with Gasteiger partial charge in [-0.1, -0.05) is 0 Å². The Hall–Kier alpha value is -1.41. The molecule has 3 rings (SSSR count). The Bertz CT molecular complexity index is 651. The maximum absolute atomic E-state index is 12.5. The van der Waals surface area contributed by atoms with E-state index in [9.17, 15) is 13.2 Å². The molecule has 0 radical (unpaired) electrons. The Morgan fingerprint density at radius 3 is 2.91 bits per heavy atom. The van der Waals surface area contributed by atoms with Gasteiger partial charge < -0.3 is 4.90 Å². The molecule has 2 aliphatic rings. The average Bonchev–Trinajstić information content (AvgIpc) is 3.22. The van der Waals surface area contributed by atoms with Gasteiger partial charge in [0.15, 0.2) is 0 Å². The van der Waals surface area contributed by atoms with Gasteiger partial charge in [0.05, 0.1) is 6.26 Å². The minimum atomic E-state index is -3.18. The Kier molecular flexibility index (Phi) is 4.22. The third-order valence-electron chi connectivity index (χ3n) is 4.27. The topological polar surface area (TPSA) is 95.2 Å². The fourth-order valence-corrected chi connectivity index (χ4v) is 3.44. The molecule has 7 nitrogen and oxygen atoms in total. The summed E-state index contributed by atoms with van der Waals surface area (Å²) < 4.78 is 24.9. The summed E-state index contributed by atoms with van der Waals surface area (Å²) in [5.41, 5.74) is 1.52. The van der Waals surface area contributed by atoms with Crippen LogP contribution in [0.1, 0.15) is 47.8 Å². The van der Waals surface area contributed by atoms with E-state index in [1.54, 1.807) is 4.90 Å². The lowest BCUT2D eigenvalue weighted by Gasteiger charge is -2.32. The summed E-state index contributed by atoms with van der Waals surface area (Å²) in [7, 11) is -3.18. The first-order chi connectivity index (χ1) is 10.4. The SMILES string of the molecule is CS(=O)(=O)NC[C@H]1CCCN(C(=O)c2cc(C3CC3)[nH]n2)C1. The van der Waals surface area contributed by atoms with Crippen LogP contribution in [0.15, 0.2) is 6.07 Å². The zero-order chi connectivity index (χ0) is 15.7. The number of aromatic nitrogens is 2. The van der Waals surface area contributed by atoms with E-state index >= 15 is 0 Å². The van der Waals surface area contributed by atoms with E-state index in [-0.39, 0.29) is 11.8 Å². The van der Waals surface area contributed by atoms with Gasteiger partial charge in [-0.05, 0) is 37.7 Å². The summed E-state index contributed by atoms with van der Waals surface area (Å²) in [5, 5.41) is 7.09. The molecule has 2 heterocycles. The molecule has 0 bridgehead atoms. The maximum atomic E-state index is 12.5. The monoisotopic (exact) mass is 326 g/mol. The third-order valence-corrected chi connectivity index (χ3v) is 4.97. The molecule has 1 aliphatic carbocycles. The Balaban J connectivity index is 1.59. The molecule has 1 amide bonds. The number of amides is 1.